The number of carbonyl (C=O) groups is 1. The zero-order valence-corrected chi connectivity index (χ0v) is 11.6. The summed E-state index contributed by atoms with van der Waals surface area (Å²) in [5.74, 6) is 0.138. The van der Waals surface area contributed by atoms with E-state index < -0.39 is 0 Å². The number of hydrogen-bond acceptors (Lipinski definition) is 2. The van der Waals surface area contributed by atoms with Crippen LogP contribution in [0.1, 0.15) is 53.9 Å². The minimum atomic E-state index is -0.264. The number of carbonyl (C=O) groups excluding carboxylic acids is 1. The maximum atomic E-state index is 11.5. The Kier molecular flexibility index (Phi) is 7.39. The highest BCUT2D eigenvalue weighted by atomic mass is 16.2. The molecule has 3 nitrogen and oxygen atoms in total. The first-order valence-electron chi connectivity index (χ1n) is 6.42. The summed E-state index contributed by atoms with van der Waals surface area (Å²) in [5, 5.41) is 2.95. The third-order valence-electron chi connectivity index (χ3n) is 2.34. The first-order chi connectivity index (χ1) is 7.41. The fraction of sp³-hybridized carbons (Fsp3) is 0.923. The van der Waals surface area contributed by atoms with E-state index in [1.54, 1.807) is 0 Å². The summed E-state index contributed by atoms with van der Waals surface area (Å²) in [7, 11) is 0. The van der Waals surface area contributed by atoms with Gasteiger partial charge in [0.2, 0.25) is 5.91 Å². The van der Waals surface area contributed by atoms with Gasteiger partial charge in [0.1, 0.15) is 0 Å². The van der Waals surface area contributed by atoms with Gasteiger partial charge in [-0.1, -0.05) is 41.0 Å². The molecule has 0 aromatic carbocycles. The van der Waals surface area contributed by atoms with Crippen LogP contribution >= 0.6 is 0 Å². The van der Waals surface area contributed by atoms with Gasteiger partial charge in [0.15, 0.2) is 0 Å². The van der Waals surface area contributed by atoms with Crippen molar-refractivity contribution in [2.24, 2.45) is 5.41 Å². The lowest BCUT2D eigenvalue weighted by Gasteiger charge is -2.21. The van der Waals surface area contributed by atoms with E-state index >= 15 is 0 Å². The molecule has 1 aliphatic heterocycles. The van der Waals surface area contributed by atoms with E-state index in [4.69, 9.17) is 0 Å². The van der Waals surface area contributed by atoms with Crippen molar-refractivity contribution >= 4 is 5.91 Å². The second kappa shape index (κ2) is 7.66. The lowest BCUT2D eigenvalue weighted by Crippen LogP contribution is -2.41. The van der Waals surface area contributed by atoms with Crippen LogP contribution in [0.4, 0.5) is 0 Å². The average molecular weight is 228 g/mol. The van der Waals surface area contributed by atoms with Crippen LogP contribution in [-0.2, 0) is 4.79 Å². The smallest absolute Gasteiger partial charge is 0.226 e. The molecular formula is C13H28N2O. The Bertz CT molecular complexity index is 191. The molecule has 1 saturated heterocycles. The molecule has 1 heterocycles. The second-order valence-corrected chi connectivity index (χ2v) is 5.45. The van der Waals surface area contributed by atoms with Crippen molar-refractivity contribution in [3.05, 3.63) is 0 Å². The van der Waals surface area contributed by atoms with E-state index in [2.05, 4.69) is 24.1 Å². The maximum absolute atomic E-state index is 11.5. The largest absolute Gasteiger partial charge is 0.343 e. The van der Waals surface area contributed by atoms with E-state index in [1.807, 2.05) is 20.8 Å². The van der Waals surface area contributed by atoms with Gasteiger partial charge in [-0.15, -0.1) is 0 Å². The zero-order valence-electron chi connectivity index (χ0n) is 11.6. The van der Waals surface area contributed by atoms with Gasteiger partial charge < -0.3 is 5.32 Å². The van der Waals surface area contributed by atoms with Gasteiger partial charge in [-0.3, -0.25) is 9.69 Å². The van der Waals surface area contributed by atoms with E-state index in [-0.39, 0.29) is 11.3 Å². The summed E-state index contributed by atoms with van der Waals surface area (Å²) in [5.41, 5.74) is -0.264. The van der Waals surface area contributed by atoms with Crippen molar-refractivity contribution in [1.29, 1.82) is 0 Å². The first-order valence-corrected chi connectivity index (χ1v) is 6.42. The SMILES string of the molecule is CC(C)(C)C(=O)NCN1CCCC1.CCC. The fourth-order valence-electron chi connectivity index (χ4n) is 1.39. The number of nitrogens with zero attached hydrogens (tertiary/aromatic N) is 1. The molecule has 3 heteroatoms. The number of amides is 1. The molecule has 0 aromatic heterocycles. The van der Waals surface area contributed by atoms with Crippen molar-refractivity contribution in [3.63, 3.8) is 0 Å². The van der Waals surface area contributed by atoms with Crippen LogP contribution in [0.2, 0.25) is 0 Å². The summed E-state index contributed by atoms with van der Waals surface area (Å²) in [6, 6.07) is 0. The molecule has 96 valence electrons. The molecule has 1 rings (SSSR count). The van der Waals surface area contributed by atoms with Crippen molar-refractivity contribution < 1.29 is 4.79 Å². The summed E-state index contributed by atoms with van der Waals surface area (Å²) in [6.45, 7) is 13.0. The summed E-state index contributed by atoms with van der Waals surface area (Å²) < 4.78 is 0. The summed E-state index contributed by atoms with van der Waals surface area (Å²) in [6.07, 6.45) is 3.79. The number of nitrogens with one attached hydrogen (secondary N) is 1. The fourth-order valence-corrected chi connectivity index (χ4v) is 1.39. The van der Waals surface area contributed by atoms with E-state index in [1.165, 1.54) is 19.3 Å². The highest BCUT2D eigenvalue weighted by Crippen LogP contribution is 2.12. The molecule has 16 heavy (non-hydrogen) atoms. The van der Waals surface area contributed by atoms with Gasteiger partial charge in [-0.2, -0.15) is 0 Å². The molecule has 1 aliphatic rings. The topological polar surface area (TPSA) is 32.3 Å². The lowest BCUT2D eigenvalue weighted by atomic mass is 9.96. The third-order valence-corrected chi connectivity index (χ3v) is 2.34. The van der Waals surface area contributed by atoms with Crippen molar-refractivity contribution in [3.8, 4) is 0 Å². The Hall–Kier alpha value is -0.570. The highest BCUT2D eigenvalue weighted by molar-refractivity contribution is 5.81. The Labute approximate surface area is 101 Å². The molecule has 0 atom stereocenters. The Balaban J connectivity index is 0.000000673. The maximum Gasteiger partial charge on any atom is 0.226 e. The molecule has 1 fully saturated rings. The van der Waals surface area contributed by atoms with Crippen molar-refractivity contribution in [1.82, 2.24) is 10.2 Å². The molecule has 1 N–H and O–H groups in total. The zero-order chi connectivity index (χ0) is 12.6. The molecule has 0 radical (unpaired) electrons. The van der Waals surface area contributed by atoms with Gasteiger partial charge >= 0.3 is 0 Å². The normalized spacial score (nSPS) is 16.6. The van der Waals surface area contributed by atoms with Crippen LogP contribution in [0.25, 0.3) is 0 Å². The van der Waals surface area contributed by atoms with Crippen LogP contribution in [0, 0.1) is 5.41 Å². The van der Waals surface area contributed by atoms with Crippen LogP contribution in [0.5, 0.6) is 0 Å². The Morgan fingerprint density at radius 1 is 1.19 bits per heavy atom. The van der Waals surface area contributed by atoms with Crippen LogP contribution in [-0.4, -0.2) is 30.6 Å². The summed E-state index contributed by atoms with van der Waals surface area (Å²) in [4.78, 5) is 13.8. The molecule has 1 amide bonds. The van der Waals surface area contributed by atoms with Crippen LogP contribution < -0.4 is 5.32 Å². The predicted molar refractivity (Wildman–Crippen MR) is 69.2 cm³/mol. The van der Waals surface area contributed by atoms with Gasteiger partial charge in [-0.25, -0.2) is 0 Å². The minimum absolute atomic E-state index is 0.138. The van der Waals surface area contributed by atoms with Crippen molar-refractivity contribution in [2.45, 2.75) is 53.9 Å². The van der Waals surface area contributed by atoms with Crippen LogP contribution in [0.15, 0.2) is 0 Å². The monoisotopic (exact) mass is 228 g/mol. The van der Waals surface area contributed by atoms with Gasteiger partial charge in [0, 0.05) is 5.41 Å². The Morgan fingerprint density at radius 3 is 2.00 bits per heavy atom. The number of likely N-dealkylation sites (tertiary alicyclic amines) is 1. The van der Waals surface area contributed by atoms with Crippen LogP contribution in [0.3, 0.4) is 0 Å². The van der Waals surface area contributed by atoms with E-state index in [0.717, 1.165) is 19.8 Å². The molecule has 0 aliphatic carbocycles. The molecular weight excluding hydrogens is 200 g/mol. The van der Waals surface area contributed by atoms with E-state index in [9.17, 15) is 4.79 Å². The standard InChI is InChI=1S/C10H20N2O.C3H8/c1-10(2,3)9(13)11-8-12-6-4-5-7-12;1-3-2/h4-8H2,1-3H3,(H,11,13);3H2,1-2H3. The molecule has 0 unspecified atom stereocenters. The molecule has 0 aromatic rings. The van der Waals surface area contributed by atoms with E-state index in [0.29, 0.717) is 0 Å². The second-order valence-electron chi connectivity index (χ2n) is 5.45. The lowest BCUT2D eigenvalue weighted by molar-refractivity contribution is -0.129. The molecule has 0 bridgehead atoms. The first kappa shape index (κ1) is 15.4. The predicted octanol–water partition coefficient (Wildman–Crippen LogP) is 2.62. The molecule has 0 spiro atoms. The number of rotatable bonds is 2. The third kappa shape index (κ3) is 6.83. The van der Waals surface area contributed by atoms with Gasteiger partial charge in [-0.05, 0) is 25.9 Å². The quantitative estimate of drug-likeness (QED) is 0.788. The Morgan fingerprint density at radius 2 is 1.62 bits per heavy atom. The number of hydrogen-bond donors (Lipinski definition) is 1. The summed E-state index contributed by atoms with van der Waals surface area (Å²) >= 11 is 0. The van der Waals surface area contributed by atoms with Gasteiger partial charge in [0.05, 0.1) is 6.67 Å². The van der Waals surface area contributed by atoms with Gasteiger partial charge in [0.25, 0.3) is 0 Å². The highest BCUT2D eigenvalue weighted by Gasteiger charge is 2.21. The average Bonchev–Trinajstić information content (AvgIpc) is 2.66. The minimum Gasteiger partial charge on any atom is -0.343 e. The van der Waals surface area contributed by atoms with Crippen molar-refractivity contribution in [2.75, 3.05) is 19.8 Å². The molecule has 0 saturated carbocycles.